The van der Waals surface area contributed by atoms with Crippen LogP contribution in [-0.4, -0.2) is 17.1 Å². The van der Waals surface area contributed by atoms with Crippen molar-refractivity contribution in [2.75, 3.05) is 11.6 Å². The Balaban J connectivity index is 3.03. The number of primary amides is 1. The molecule has 98 valence electrons. The van der Waals surface area contributed by atoms with Crippen LogP contribution in [0.5, 0.6) is 0 Å². The summed E-state index contributed by atoms with van der Waals surface area (Å²) in [4.78, 5) is 21.1. The lowest BCUT2D eigenvalue weighted by atomic mass is 10.2. The summed E-state index contributed by atoms with van der Waals surface area (Å²) in [6.45, 7) is 0. The highest BCUT2D eigenvalue weighted by molar-refractivity contribution is 8.02. The molecule has 1 amide bonds. The van der Waals surface area contributed by atoms with Crippen LogP contribution in [-0.2, 0) is 4.79 Å². The van der Waals surface area contributed by atoms with Crippen LogP contribution in [0.3, 0.4) is 0 Å². The van der Waals surface area contributed by atoms with Crippen molar-refractivity contribution in [3.8, 4) is 6.07 Å². The van der Waals surface area contributed by atoms with Gasteiger partial charge < -0.3 is 11.1 Å². The standard InChI is InChI=1S/C11H10N4O3S/c1-19-11(9(6-12)10(13)16)14-7-2-4-8(5-3-7)15(17)18/h2-5,14H,1H3,(H2,13,16)/b11-9-. The molecular formula is C11H10N4O3S. The minimum absolute atomic E-state index is 0.0457. The SMILES string of the molecule is CS/C(Nc1ccc([N+](=O)[O-])cc1)=C(/C#N)C(N)=O. The molecule has 1 aromatic carbocycles. The van der Waals surface area contributed by atoms with E-state index >= 15 is 0 Å². The number of carbonyl (C=O) groups excluding carboxylic acids is 1. The molecule has 0 aliphatic rings. The Labute approximate surface area is 113 Å². The highest BCUT2D eigenvalue weighted by Gasteiger charge is 2.12. The lowest BCUT2D eigenvalue weighted by Crippen LogP contribution is -2.16. The van der Waals surface area contributed by atoms with Crippen LogP contribution in [0.25, 0.3) is 0 Å². The Morgan fingerprint density at radius 3 is 2.42 bits per heavy atom. The fourth-order valence-electron chi connectivity index (χ4n) is 1.23. The molecule has 1 aromatic rings. The number of amides is 1. The highest BCUT2D eigenvalue weighted by atomic mass is 32.2. The van der Waals surface area contributed by atoms with E-state index in [1.807, 2.05) is 0 Å². The predicted molar refractivity (Wildman–Crippen MR) is 72.1 cm³/mol. The number of nitrogens with zero attached hydrogens (tertiary/aromatic N) is 2. The normalized spacial score (nSPS) is 11.2. The summed E-state index contributed by atoms with van der Waals surface area (Å²) in [5.74, 6) is -0.832. The molecule has 3 N–H and O–H groups in total. The smallest absolute Gasteiger partial charge is 0.269 e. The van der Waals surface area contributed by atoms with Gasteiger partial charge in [-0.05, 0) is 18.4 Å². The first kappa shape index (κ1) is 14.5. The van der Waals surface area contributed by atoms with E-state index in [9.17, 15) is 14.9 Å². The Hall–Kier alpha value is -2.53. The molecule has 0 aliphatic carbocycles. The zero-order valence-corrected chi connectivity index (χ0v) is 10.7. The second-order valence-electron chi connectivity index (χ2n) is 3.31. The lowest BCUT2D eigenvalue weighted by Gasteiger charge is -2.09. The largest absolute Gasteiger partial charge is 0.365 e. The van der Waals surface area contributed by atoms with Crippen molar-refractivity contribution < 1.29 is 9.72 Å². The number of nitrogens with one attached hydrogen (secondary N) is 1. The lowest BCUT2D eigenvalue weighted by molar-refractivity contribution is -0.384. The minimum Gasteiger partial charge on any atom is -0.365 e. The molecular weight excluding hydrogens is 268 g/mol. The fourth-order valence-corrected chi connectivity index (χ4v) is 1.80. The van der Waals surface area contributed by atoms with Gasteiger partial charge >= 0.3 is 0 Å². The summed E-state index contributed by atoms with van der Waals surface area (Å²) in [5.41, 5.74) is 5.36. The number of rotatable bonds is 5. The predicted octanol–water partition coefficient (Wildman–Crippen LogP) is 1.59. The maximum atomic E-state index is 11.1. The van der Waals surface area contributed by atoms with Crippen LogP contribution in [0.1, 0.15) is 0 Å². The molecule has 8 heteroatoms. The average molecular weight is 278 g/mol. The minimum atomic E-state index is -0.832. The molecule has 0 fully saturated rings. The number of nitriles is 1. The van der Waals surface area contributed by atoms with Crippen molar-refractivity contribution in [3.05, 3.63) is 45.0 Å². The number of nitrogens with two attached hydrogens (primary N) is 1. The summed E-state index contributed by atoms with van der Waals surface area (Å²) in [6.07, 6.45) is 1.67. The summed E-state index contributed by atoms with van der Waals surface area (Å²) >= 11 is 1.15. The number of carbonyl (C=O) groups is 1. The monoisotopic (exact) mass is 278 g/mol. The number of non-ortho nitro benzene ring substituents is 1. The number of thioether (sulfide) groups is 1. The second-order valence-corrected chi connectivity index (χ2v) is 4.13. The Kier molecular flexibility index (Phi) is 4.91. The topological polar surface area (TPSA) is 122 Å². The van der Waals surface area contributed by atoms with Crippen molar-refractivity contribution in [1.29, 1.82) is 5.26 Å². The van der Waals surface area contributed by atoms with E-state index in [0.29, 0.717) is 10.7 Å². The zero-order valence-electron chi connectivity index (χ0n) is 9.91. The summed E-state index contributed by atoms with van der Waals surface area (Å²) in [5, 5.41) is 22.5. The van der Waals surface area contributed by atoms with E-state index in [4.69, 9.17) is 11.0 Å². The maximum Gasteiger partial charge on any atom is 0.269 e. The molecule has 0 saturated heterocycles. The molecule has 0 bridgehead atoms. The van der Waals surface area contributed by atoms with Crippen molar-refractivity contribution in [2.45, 2.75) is 0 Å². The molecule has 1 rings (SSSR count). The van der Waals surface area contributed by atoms with Crippen LogP contribution in [0.15, 0.2) is 34.9 Å². The van der Waals surface area contributed by atoms with Gasteiger partial charge in [-0.2, -0.15) is 5.26 Å². The average Bonchev–Trinajstić information content (AvgIpc) is 2.38. The molecule has 0 aromatic heterocycles. The van der Waals surface area contributed by atoms with E-state index in [1.165, 1.54) is 24.3 Å². The summed E-state index contributed by atoms with van der Waals surface area (Å²) < 4.78 is 0. The maximum absolute atomic E-state index is 11.1. The van der Waals surface area contributed by atoms with E-state index in [-0.39, 0.29) is 11.3 Å². The van der Waals surface area contributed by atoms with Crippen molar-refractivity contribution in [2.24, 2.45) is 5.73 Å². The van der Waals surface area contributed by atoms with E-state index < -0.39 is 10.8 Å². The van der Waals surface area contributed by atoms with Crippen LogP contribution in [0.2, 0.25) is 0 Å². The third-order valence-electron chi connectivity index (χ3n) is 2.13. The van der Waals surface area contributed by atoms with Gasteiger partial charge in [0.05, 0.1) is 9.95 Å². The van der Waals surface area contributed by atoms with Gasteiger partial charge in [0.1, 0.15) is 11.6 Å². The molecule has 0 radical (unpaired) electrons. The second kappa shape index (κ2) is 6.42. The molecule has 0 atom stereocenters. The van der Waals surface area contributed by atoms with Gasteiger partial charge in [0.15, 0.2) is 0 Å². The highest BCUT2D eigenvalue weighted by Crippen LogP contribution is 2.22. The fraction of sp³-hybridized carbons (Fsp3) is 0.0909. The quantitative estimate of drug-likeness (QED) is 0.365. The molecule has 0 unspecified atom stereocenters. The van der Waals surface area contributed by atoms with Crippen molar-refractivity contribution in [1.82, 2.24) is 0 Å². The number of hydrogen-bond donors (Lipinski definition) is 2. The van der Waals surface area contributed by atoms with Crippen molar-refractivity contribution in [3.63, 3.8) is 0 Å². The number of nitro benzene ring substituents is 1. The van der Waals surface area contributed by atoms with Gasteiger partial charge in [0.25, 0.3) is 11.6 Å². The Morgan fingerprint density at radius 1 is 1.47 bits per heavy atom. The van der Waals surface area contributed by atoms with E-state index in [1.54, 1.807) is 12.3 Å². The third-order valence-corrected chi connectivity index (χ3v) is 2.84. The molecule has 7 nitrogen and oxygen atoms in total. The third kappa shape index (κ3) is 3.72. The van der Waals surface area contributed by atoms with Crippen LogP contribution >= 0.6 is 11.8 Å². The summed E-state index contributed by atoms with van der Waals surface area (Å²) in [7, 11) is 0. The van der Waals surface area contributed by atoms with Gasteiger partial charge in [0.2, 0.25) is 0 Å². The first-order valence-electron chi connectivity index (χ1n) is 4.99. The van der Waals surface area contributed by atoms with Gasteiger partial charge in [0, 0.05) is 17.8 Å². The van der Waals surface area contributed by atoms with Gasteiger partial charge in [-0.25, -0.2) is 0 Å². The Morgan fingerprint density at radius 2 is 2.05 bits per heavy atom. The van der Waals surface area contributed by atoms with Crippen molar-refractivity contribution >= 4 is 29.0 Å². The van der Waals surface area contributed by atoms with Crippen LogP contribution in [0, 0.1) is 21.4 Å². The number of hydrogen-bond acceptors (Lipinski definition) is 6. The van der Waals surface area contributed by atoms with Gasteiger partial charge in [-0.1, -0.05) is 0 Å². The molecule has 19 heavy (non-hydrogen) atoms. The first-order chi connectivity index (χ1) is 8.99. The first-order valence-corrected chi connectivity index (χ1v) is 6.21. The number of nitro groups is 1. The van der Waals surface area contributed by atoms with Crippen LogP contribution in [0.4, 0.5) is 11.4 Å². The van der Waals surface area contributed by atoms with Gasteiger partial charge in [-0.15, -0.1) is 11.8 Å². The molecule has 0 aliphatic heterocycles. The molecule has 0 saturated carbocycles. The molecule has 0 heterocycles. The van der Waals surface area contributed by atoms with Crippen LogP contribution < -0.4 is 11.1 Å². The molecule has 0 spiro atoms. The van der Waals surface area contributed by atoms with E-state index in [2.05, 4.69) is 5.32 Å². The van der Waals surface area contributed by atoms with E-state index in [0.717, 1.165) is 11.8 Å². The van der Waals surface area contributed by atoms with Gasteiger partial charge in [-0.3, -0.25) is 14.9 Å². The number of benzene rings is 1. The zero-order chi connectivity index (χ0) is 14.4. The number of anilines is 1. The summed E-state index contributed by atoms with van der Waals surface area (Å²) in [6, 6.07) is 7.30. The Bertz CT molecular complexity index is 575.